The first-order valence-corrected chi connectivity index (χ1v) is 7.09. The maximum absolute atomic E-state index is 11.9. The summed E-state index contributed by atoms with van der Waals surface area (Å²) in [4.78, 5) is 7.68. The lowest BCUT2D eigenvalue weighted by atomic mass is 10.2. The highest BCUT2D eigenvalue weighted by atomic mass is 32.2. The molecular weight excluding hydrogens is 240 g/mol. The van der Waals surface area contributed by atoms with Gasteiger partial charge >= 0.3 is 0 Å². The van der Waals surface area contributed by atoms with Gasteiger partial charge in [0.15, 0.2) is 0 Å². The number of hydrogen-bond acceptors (Lipinski definition) is 5. The van der Waals surface area contributed by atoms with Gasteiger partial charge < -0.3 is 5.32 Å². The van der Waals surface area contributed by atoms with Crippen LogP contribution in [0.4, 0.5) is 0 Å². The molecule has 2 N–H and O–H groups in total. The SMILES string of the molecule is Cc1ccnc(S(=O)(=O)NC[C@@H]2CCCN2)n1. The maximum atomic E-state index is 11.9. The van der Waals surface area contributed by atoms with Crippen LogP contribution in [-0.4, -0.2) is 37.5 Å². The highest BCUT2D eigenvalue weighted by molar-refractivity contribution is 7.89. The molecule has 17 heavy (non-hydrogen) atoms. The summed E-state index contributed by atoms with van der Waals surface area (Å²) >= 11 is 0. The van der Waals surface area contributed by atoms with E-state index in [1.54, 1.807) is 13.0 Å². The maximum Gasteiger partial charge on any atom is 0.276 e. The minimum atomic E-state index is -3.58. The van der Waals surface area contributed by atoms with E-state index in [-0.39, 0.29) is 11.2 Å². The van der Waals surface area contributed by atoms with Gasteiger partial charge in [0, 0.05) is 24.5 Å². The average molecular weight is 256 g/mol. The van der Waals surface area contributed by atoms with Gasteiger partial charge in [-0.05, 0) is 32.4 Å². The molecule has 0 aliphatic carbocycles. The molecule has 0 saturated carbocycles. The van der Waals surface area contributed by atoms with Crippen LogP contribution in [0.2, 0.25) is 0 Å². The number of rotatable bonds is 4. The number of nitrogens with one attached hydrogen (secondary N) is 2. The van der Waals surface area contributed by atoms with Gasteiger partial charge in [-0.2, -0.15) is 0 Å². The molecule has 0 amide bonds. The Hall–Kier alpha value is -1.05. The average Bonchev–Trinajstić information content (AvgIpc) is 2.79. The van der Waals surface area contributed by atoms with Crippen molar-refractivity contribution in [2.45, 2.75) is 31.0 Å². The van der Waals surface area contributed by atoms with E-state index >= 15 is 0 Å². The van der Waals surface area contributed by atoms with Gasteiger partial charge in [0.2, 0.25) is 0 Å². The van der Waals surface area contributed by atoms with Gasteiger partial charge in [-0.25, -0.2) is 23.1 Å². The highest BCUT2D eigenvalue weighted by Crippen LogP contribution is 2.06. The summed E-state index contributed by atoms with van der Waals surface area (Å²) < 4.78 is 26.3. The zero-order valence-corrected chi connectivity index (χ0v) is 10.5. The zero-order chi connectivity index (χ0) is 12.3. The Labute approximate surface area is 101 Å². The number of sulfonamides is 1. The first kappa shape index (κ1) is 12.4. The van der Waals surface area contributed by atoms with Crippen molar-refractivity contribution >= 4 is 10.0 Å². The minimum absolute atomic E-state index is 0.157. The minimum Gasteiger partial charge on any atom is -0.313 e. The van der Waals surface area contributed by atoms with E-state index in [1.165, 1.54) is 6.20 Å². The van der Waals surface area contributed by atoms with Crippen LogP contribution in [0.1, 0.15) is 18.5 Å². The Morgan fingerprint density at radius 1 is 1.59 bits per heavy atom. The van der Waals surface area contributed by atoms with Crippen LogP contribution in [-0.2, 0) is 10.0 Å². The molecule has 1 aliphatic heterocycles. The Morgan fingerprint density at radius 2 is 2.41 bits per heavy atom. The van der Waals surface area contributed by atoms with E-state index in [2.05, 4.69) is 20.0 Å². The van der Waals surface area contributed by atoms with Crippen molar-refractivity contribution < 1.29 is 8.42 Å². The van der Waals surface area contributed by atoms with Crippen LogP contribution in [0.3, 0.4) is 0 Å². The molecule has 0 unspecified atom stereocenters. The number of aryl methyl sites for hydroxylation is 1. The molecule has 0 aromatic carbocycles. The molecule has 0 radical (unpaired) electrons. The Morgan fingerprint density at radius 3 is 3.06 bits per heavy atom. The Bertz CT molecular complexity index is 483. The summed E-state index contributed by atoms with van der Waals surface area (Å²) in [5.41, 5.74) is 0.638. The van der Waals surface area contributed by atoms with Crippen LogP contribution in [0, 0.1) is 6.92 Å². The van der Waals surface area contributed by atoms with Crippen molar-refractivity contribution in [3.05, 3.63) is 18.0 Å². The first-order chi connectivity index (χ1) is 8.08. The molecule has 94 valence electrons. The van der Waals surface area contributed by atoms with Crippen LogP contribution in [0.15, 0.2) is 17.4 Å². The number of nitrogens with zero attached hydrogens (tertiary/aromatic N) is 2. The topological polar surface area (TPSA) is 84.0 Å². The standard InChI is InChI=1S/C10H16N4O2S/c1-8-4-6-12-10(14-8)17(15,16)13-7-9-3-2-5-11-9/h4,6,9,11,13H,2-3,5,7H2,1H3/t9-/m0/s1. The summed E-state index contributed by atoms with van der Waals surface area (Å²) in [6.45, 7) is 3.08. The summed E-state index contributed by atoms with van der Waals surface area (Å²) in [7, 11) is -3.58. The van der Waals surface area contributed by atoms with Crippen molar-refractivity contribution in [2.75, 3.05) is 13.1 Å². The third-order valence-electron chi connectivity index (χ3n) is 2.70. The summed E-state index contributed by atoms with van der Waals surface area (Å²) in [5.74, 6) is 0. The Kier molecular flexibility index (Phi) is 3.70. The molecule has 1 aliphatic rings. The van der Waals surface area contributed by atoms with Gasteiger partial charge in [-0.1, -0.05) is 0 Å². The number of hydrogen-bond donors (Lipinski definition) is 2. The van der Waals surface area contributed by atoms with E-state index in [0.29, 0.717) is 12.2 Å². The molecule has 1 aromatic rings. The van der Waals surface area contributed by atoms with E-state index in [9.17, 15) is 8.42 Å². The second kappa shape index (κ2) is 5.07. The third kappa shape index (κ3) is 3.21. The summed E-state index contributed by atoms with van der Waals surface area (Å²) in [6, 6.07) is 1.88. The summed E-state index contributed by atoms with van der Waals surface area (Å²) in [5, 5.41) is 3.07. The predicted molar refractivity (Wildman–Crippen MR) is 63.0 cm³/mol. The molecule has 0 spiro atoms. The van der Waals surface area contributed by atoms with Crippen molar-refractivity contribution in [2.24, 2.45) is 0 Å². The van der Waals surface area contributed by atoms with Gasteiger partial charge in [-0.15, -0.1) is 0 Å². The van der Waals surface area contributed by atoms with Gasteiger partial charge in [0.25, 0.3) is 15.2 Å². The van der Waals surface area contributed by atoms with E-state index in [4.69, 9.17) is 0 Å². The quantitative estimate of drug-likeness (QED) is 0.730. The largest absolute Gasteiger partial charge is 0.313 e. The second-order valence-electron chi connectivity index (χ2n) is 4.13. The fraction of sp³-hybridized carbons (Fsp3) is 0.600. The fourth-order valence-corrected chi connectivity index (χ4v) is 2.77. The molecule has 7 heteroatoms. The molecule has 1 aromatic heterocycles. The molecular formula is C10H16N4O2S. The smallest absolute Gasteiger partial charge is 0.276 e. The van der Waals surface area contributed by atoms with Crippen molar-refractivity contribution in [3.63, 3.8) is 0 Å². The molecule has 1 saturated heterocycles. The van der Waals surface area contributed by atoms with Crippen LogP contribution in [0.25, 0.3) is 0 Å². The van der Waals surface area contributed by atoms with E-state index < -0.39 is 10.0 Å². The molecule has 2 heterocycles. The molecule has 1 atom stereocenters. The lowest BCUT2D eigenvalue weighted by Crippen LogP contribution is -2.37. The third-order valence-corrected chi connectivity index (χ3v) is 3.92. The van der Waals surface area contributed by atoms with E-state index in [1.807, 2.05) is 0 Å². The highest BCUT2D eigenvalue weighted by Gasteiger charge is 2.21. The predicted octanol–water partition coefficient (Wildman–Crippen LogP) is -0.185. The van der Waals surface area contributed by atoms with E-state index in [0.717, 1.165) is 19.4 Å². The zero-order valence-electron chi connectivity index (χ0n) is 9.68. The fourth-order valence-electron chi connectivity index (χ4n) is 1.76. The normalized spacial score (nSPS) is 20.6. The van der Waals surface area contributed by atoms with Gasteiger partial charge in [0.1, 0.15) is 0 Å². The molecule has 0 bridgehead atoms. The lowest BCUT2D eigenvalue weighted by Gasteiger charge is -2.11. The van der Waals surface area contributed by atoms with Crippen molar-refractivity contribution in [1.29, 1.82) is 0 Å². The monoisotopic (exact) mass is 256 g/mol. The lowest BCUT2D eigenvalue weighted by molar-refractivity contribution is 0.545. The number of aromatic nitrogens is 2. The molecule has 6 nitrogen and oxygen atoms in total. The second-order valence-corrected chi connectivity index (χ2v) is 5.79. The summed E-state index contributed by atoms with van der Waals surface area (Å²) in [6.07, 6.45) is 3.54. The van der Waals surface area contributed by atoms with Crippen LogP contribution < -0.4 is 10.0 Å². The van der Waals surface area contributed by atoms with Gasteiger partial charge in [-0.3, -0.25) is 0 Å². The van der Waals surface area contributed by atoms with Crippen LogP contribution >= 0.6 is 0 Å². The van der Waals surface area contributed by atoms with Crippen LogP contribution in [0.5, 0.6) is 0 Å². The first-order valence-electron chi connectivity index (χ1n) is 5.60. The molecule has 1 fully saturated rings. The Balaban J connectivity index is 2.03. The van der Waals surface area contributed by atoms with Gasteiger partial charge in [0.05, 0.1) is 0 Å². The van der Waals surface area contributed by atoms with Crippen molar-refractivity contribution in [1.82, 2.24) is 20.0 Å². The van der Waals surface area contributed by atoms with Crippen molar-refractivity contribution in [3.8, 4) is 0 Å². The molecule has 2 rings (SSSR count).